The summed E-state index contributed by atoms with van der Waals surface area (Å²) in [5.74, 6) is 0.879. The molecule has 0 spiro atoms. The second-order valence-electron chi connectivity index (χ2n) is 2.26. The van der Waals surface area contributed by atoms with Crippen molar-refractivity contribution in [3.63, 3.8) is 0 Å². The third kappa shape index (κ3) is 1.38. The van der Waals surface area contributed by atoms with Crippen LogP contribution in [0, 0.1) is 12.4 Å². The van der Waals surface area contributed by atoms with Crippen molar-refractivity contribution in [1.82, 2.24) is 0 Å². The predicted molar refractivity (Wildman–Crippen MR) is 37.1 cm³/mol. The van der Waals surface area contributed by atoms with Crippen LogP contribution in [0.15, 0.2) is 16.5 Å². The van der Waals surface area contributed by atoms with Crippen molar-refractivity contribution in [2.24, 2.45) is 0 Å². The van der Waals surface area contributed by atoms with E-state index in [1.54, 1.807) is 6.07 Å². The Kier molecular flexibility index (Phi) is 2.10. The molecule has 0 bridgehead atoms. The first-order valence-corrected chi connectivity index (χ1v) is 3.28. The summed E-state index contributed by atoms with van der Waals surface area (Å²) >= 11 is 0. The molecule has 0 aliphatic heterocycles. The molecule has 1 rings (SSSR count). The predicted octanol–water partition coefficient (Wildman–Crippen LogP) is 2.75. The van der Waals surface area contributed by atoms with Crippen molar-refractivity contribution in [2.75, 3.05) is 0 Å². The molecule has 0 aliphatic carbocycles. The lowest BCUT2D eigenvalue weighted by Gasteiger charge is -2.00. The zero-order valence-electron chi connectivity index (χ0n) is 6.10. The second-order valence-corrected chi connectivity index (χ2v) is 2.26. The molecule has 2 heteroatoms. The topological polar surface area (TPSA) is 13.1 Å². The summed E-state index contributed by atoms with van der Waals surface area (Å²) < 4.78 is 17.0. The van der Waals surface area contributed by atoms with Gasteiger partial charge in [-0.05, 0) is 12.5 Å². The summed E-state index contributed by atoms with van der Waals surface area (Å²) in [7, 11) is 0. The summed E-state index contributed by atoms with van der Waals surface area (Å²) in [6, 6.07) is 2.47. The van der Waals surface area contributed by atoms with E-state index in [0.29, 0.717) is 5.76 Å². The highest BCUT2D eigenvalue weighted by Gasteiger charge is 2.07. The van der Waals surface area contributed by atoms with Gasteiger partial charge in [-0.1, -0.05) is 13.8 Å². The van der Waals surface area contributed by atoms with Crippen molar-refractivity contribution in [2.45, 2.75) is 19.8 Å². The van der Waals surface area contributed by atoms with Crippen LogP contribution in [-0.4, -0.2) is 0 Å². The second kappa shape index (κ2) is 2.86. The lowest BCUT2D eigenvalue weighted by molar-refractivity contribution is 0.332. The number of halogens is 1. The van der Waals surface area contributed by atoms with Crippen molar-refractivity contribution in [1.29, 1.82) is 0 Å². The third-order valence-electron chi connectivity index (χ3n) is 1.54. The smallest absolute Gasteiger partial charge is 0.277 e. The van der Waals surface area contributed by atoms with Crippen LogP contribution < -0.4 is 0 Å². The van der Waals surface area contributed by atoms with Gasteiger partial charge in [-0.3, -0.25) is 0 Å². The SMILES string of the molecule is C[CH]C(C)c1ccc(F)o1. The number of furan rings is 1. The molecule has 1 nitrogen and oxygen atoms in total. The fraction of sp³-hybridized carbons (Fsp3) is 0.375. The van der Waals surface area contributed by atoms with E-state index in [2.05, 4.69) is 0 Å². The molecule has 1 aromatic heterocycles. The zero-order chi connectivity index (χ0) is 7.56. The van der Waals surface area contributed by atoms with Crippen LogP contribution in [0.4, 0.5) is 4.39 Å². The quantitative estimate of drug-likeness (QED) is 0.617. The van der Waals surface area contributed by atoms with Crippen LogP contribution in [-0.2, 0) is 0 Å². The molecule has 1 aromatic rings. The molecule has 1 heterocycles. The Labute approximate surface area is 59.9 Å². The minimum absolute atomic E-state index is 0.199. The summed E-state index contributed by atoms with van der Waals surface area (Å²) in [5, 5.41) is 0. The van der Waals surface area contributed by atoms with Gasteiger partial charge in [0.1, 0.15) is 5.76 Å². The van der Waals surface area contributed by atoms with E-state index in [4.69, 9.17) is 4.42 Å². The monoisotopic (exact) mass is 141 g/mol. The Balaban J connectivity index is 2.74. The summed E-state index contributed by atoms with van der Waals surface area (Å²) in [4.78, 5) is 0. The van der Waals surface area contributed by atoms with Gasteiger partial charge in [-0.25, -0.2) is 0 Å². The first-order valence-electron chi connectivity index (χ1n) is 3.28. The Morgan fingerprint density at radius 1 is 1.60 bits per heavy atom. The van der Waals surface area contributed by atoms with Crippen LogP contribution >= 0.6 is 0 Å². The van der Waals surface area contributed by atoms with Crippen molar-refractivity contribution in [3.8, 4) is 0 Å². The maximum Gasteiger partial charge on any atom is 0.277 e. The summed E-state index contributed by atoms with van der Waals surface area (Å²) in [6.45, 7) is 3.88. The molecule has 1 radical (unpaired) electrons. The largest absolute Gasteiger partial charge is 0.436 e. The highest BCUT2D eigenvalue weighted by atomic mass is 19.1. The van der Waals surface area contributed by atoms with Gasteiger partial charge in [0.2, 0.25) is 0 Å². The molecule has 10 heavy (non-hydrogen) atoms. The molecular weight excluding hydrogens is 131 g/mol. The Morgan fingerprint density at radius 3 is 2.70 bits per heavy atom. The van der Waals surface area contributed by atoms with Crippen LogP contribution in [0.1, 0.15) is 25.5 Å². The third-order valence-corrected chi connectivity index (χ3v) is 1.54. The van der Waals surface area contributed by atoms with Gasteiger partial charge in [-0.2, -0.15) is 4.39 Å². The maximum atomic E-state index is 12.2. The average molecular weight is 141 g/mol. The summed E-state index contributed by atoms with van der Waals surface area (Å²) in [6.07, 6.45) is 1.96. The van der Waals surface area contributed by atoms with Gasteiger partial charge in [0.05, 0.1) is 0 Å². The van der Waals surface area contributed by atoms with Gasteiger partial charge in [-0.15, -0.1) is 0 Å². The van der Waals surface area contributed by atoms with E-state index in [-0.39, 0.29) is 5.92 Å². The standard InChI is InChI=1S/C8H10FO/c1-3-6(2)7-4-5-8(9)10-7/h3-6H,1-2H3. The Morgan fingerprint density at radius 2 is 2.30 bits per heavy atom. The van der Waals surface area contributed by atoms with Gasteiger partial charge in [0.15, 0.2) is 0 Å². The van der Waals surface area contributed by atoms with Crippen LogP contribution in [0.3, 0.4) is 0 Å². The fourth-order valence-electron chi connectivity index (χ4n) is 0.737. The van der Waals surface area contributed by atoms with E-state index >= 15 is 0 Å². The van der Waals surface area contributed by atoms with E-state index in [9.17, 15) is 4.39 Å². The van der Waals surface area contributed by atoms with Gasteiger partial charge >= 0.3 is 0 Å². The molecule has 1 atom stereocenters. The maximum absolute atomic E-state index is 12.2. The molecule has 0 amide bonds. The van der Waals surface area contributed by atoms with E-state index < -0.39 is 6.01 Å². The van der Waals surface area contributed by atoms with Gasteiger partial charge < -0.3 is 4.42 Å². The van der Waals surface area contributed by atoms with E-state index in [0.717, 1.165) is 0 Å². The number of hydrogen-bond acceptors (Lipinski definition) is 1. The van der Waals surface area contributed by atoms with E-state index in [1.807, 2.05) is 20.3 Å². The normalized spacial score (nSPS) is 13.5. The molecule has 55 valence electrons. The zero-order valence-corrected chi connectivity index (χ0v) is 6.10. The minimum Gasteiger partial charge on any atom is -0.436 e. The van der Waals surface area contributed by atoms with Gasteiger partial charge in [0.25, 0.3) is 6.01 Å². The van der Waals surface area contributed by atoms with Crippen molar-refractivity contribution in [3.05, 3.63) is 30.3 Å². The molecule has 1 unspecified atom stereocenters. The average Bonchev–Trinajstić information content (AvgIpc) is 2.34. The van der Waals surface area contributed by atoms with Gasteiger partial charge in [0, 0.05) is 12.0 Å². The molecule has 0 aliphatic rings. The van der Waals surface area contributed by atoms with Crippen molar-refractivity contribution < 1.29 is 8.81 Å². The molecule has 0 fully saturated rings. The first kappa shape index (κ1) is 7.32. The highest BCUT2D eigenvalue weighted by Crippen LogP contribution is 2.19. The van der Waals surface area contributed by atoms with Crippen LogP contribution in [0.2, 0.25) is 0 Å². The number of hydrogen-bond donors (Lipinski definition) is 0. The molecule has 0 aromatic carbocycles. The lowest BCUT2D eigenvalue weighted by Crippen LogP contribution is -1.87. The van der Waals surface area contributed by atoms with Crippen LogP contribution in [0.25, 0.3) is 0 Å². The molecular formula is C8H10FO. The van der Waals surface area contributed by atoms with Crippen LogP contribution in [0.5, 0.6) is 0 Å². The Bertz CT molecular complexity index is 205. The summed E-state index contributed by atoms with van der Waals surface area (Å²) in [5.41, 5.74) is 0. The first-order chi connectivity index (χ1) is 4.74. The molecule has 0 N–H and O–H groups in total. The van der Waals surface area contributed by atoms with E-state index in [1.165, 1.54) is 6.07 Å². The molecule has 0 saturated heterocycles. The number of rotatable bonds is 2. The lowest BCUT2D eigenvalue weighted by atomic mass is 10.1. The highest BCUT2D eigenvalue weighted by molar-refractivity contribution is 5.08. The Hall–Kier alpha value is -0.790. The van der Waals surface area contributed by atoms with Crippen molar-refractivity contribution >= 4 is 0 Å². The fourth-order valence-corrected chi connectivity index (χ4v) is 0.737. The molecule has 0 saturated carbocycles. The minimum atomic E-state index is -0.510.